The summed E-state index contributed by atoms with van der Waals surface area (Å²) in [6.07, 6.45) is 9.60. The van der Waals surface area contributed by atoms with Gasteiger partial charge in [0.15, 0.2) is 0 Å². The minimum atomic E-state index is -0.0677. The highest BCUT2D eigenvalue weighted by molar-refractivity contribution is 6.02. The Kier molecular flexibility index (Phi) is 7.15. The maximum Gasteiger partial charge on any atom is 0.243 e. The number of hydrogen-bond donors (Lipinski definition) is 2. The van der Waals surface area contributed by atoms with Crippen LogP contribution in [0.15, 0.2) is 43.2 Å². The van der Waals surface area contributed by atoms with E-state index < -0.39 is 0 Å². The number of nitrogens with two attached hydrogens (primary N) is 1. The lowest BCUT2D eigenvalue weighted by atomic mass is 9.56. The van der Waals surface area contributed by atoms with Crippen molar-refractivity contribution < 1.29 is 9.53 Å². The third-order valence-corrected chi connectivity index (χ3v) is 7.74. The molecule has 0 unspecified atom stereocenters. The molecular formula is C28H37N5O2. The van der Waals surface area contributed by atoms with E-state index in [9.17, 15) is 4.79 Å². The Morgan fingerprint density at radius 3 is 2.46 bits per heavy atom. The maximum absolute atomic E-state index is 11.6. The highest BCUT2D eigenvalue weighted by Gasteiger charge is 2.47. The summed E-state index contributed by atoms with van der Waals surface area (Å²) < 4.78 is 7.58. The number of hydrogen-bond acceptors (Lipinski definition) is 5. The Bertz CT molecular complexity index is 1200. The van der Waals surface area contributed by atoms with Gasteiger partial charge in [0, 0.05) is 24.3 Å². The van der Waals surface area contributed by atoms with Crippen LogP contribution in [0.5, 0.6) is 5.75 Å². The van der Waals surface area contributed by atoms with Crippen molar-refractivity contribution in [1.82, 2.24) is 19.9 Å². The van der Waals surface area contributed by atoms with E-state index in [1.54, 1.807) is 13.4 Å². The first-order chi connectivity index (χ1) is 16.9. The molecule has 0 bridgehead atoms. The van der Waals surface area contributed by atoms with Crippen molar-refractivity contribution in [1.29, 1.82) is 0 Å². The van der Waals surface area contributed by atoms with E-state index >= 15 is 0 Å². The Balaban J connectivity index is 0.00000141. The van der Waals surface area contributed by atoms with E-state index in [0.717, 1.165) is 53.6 Å². The fourth-order valence-electron chi connectivity index (χ4n) is 6.08. The predicted molar refractivity (Wildman–Crippen MR) is 141 cm³/mol. The number of nitrogens with zero attached hydrogens (tertiary/aromatic N) is 3. The van der Waals surface area contributed by atoms with Gasteiger partial charge in [-0.2, -0.15) is 0 Å². The highest BCUT2D eigenvalue weighted by Crippen LogP contribution is 2.56. The lowest BCUT2D eigenvalue weighted by Gasteiger charge is -2.51. The number of carbonyl (C=O) groups excluding carboxylic acids is 1. The van der Waals surface area contributed by atoms with E-state index in [1.807, 2.05) is 26.0 Å². The van der Waals surface area contributed by atoms with Crippen molar-refractivity contribution >= 4 is 22.8 Å². The van der Waals surface area contributed by atoms with Crippen molar-refractivity contribution in [3.63, 3.8) is 0 Å². The molecular weight excluding hydrogens is 438 g/mol. The van der Waals surface area contributed by atoms with Crippen molar-refractivity contribution in [2.45, 2.75) is 64.3 Å². The smallest absolute Gasteiger partial charge is 0.243 e. The van der Waals surface area contributed by atoms with E-state index in [1.165, 1.54) is 24.6 Å². The SMILES string of the molecule is C=CC(=O)NC1CC2(CCC(c3c(-c4ccc(OC)cc4)c4c(N)ncnc4n3C)CC2)C1.CC. The molecule has 5 rings (SSSR count). The van der Waals surface area contributed by atoms with E-state index in [4.69, 9.17) is 10.5 Å². The molecule has 7 heteroatoms. The molecule has 0 saturated heterocycles. The highest BCUT2D eigenvalue weighted by atomic mass is 16.5. The molecule has 2 aliphatic carbocycles. The quantitative estimate of drug-likeness (QED) is 0.484. The van der Waals surface area contributed by atoms with Gasteiger partial charge in [-0.25, -0.2) is 9.97 Å². The van der Waals surface area contributed by atoms with E-state index in [2.05, 4.69) is 45.6 Å². The molecule has 186 valence electrons. The fraction of sp³-hybridized carbons (Fsp3) is 0.464. The van der Waals surface area contributed by atoms with Gasteiger partial charge >= 0.3 is 0 Å². The average molecular weight is 476 g/mol. The molecule has 3 aromatic rings. The Morgan fingerprint density at radius 2 is 1.86 bits per heavy atom. The third kappa shape index (κ3) is 4.51. The molecule has 2 heterocycles. The topological polar surface area (TPSA) is 95.1 Å². The van der Waals surface area contributed by atoms with Crippen LogP contribution in [0.4, 0.5) is 5.82 Å². The van der Waals surface area contributed by atoms with Crippen molar-refractivity contribution in [2.24, 2.45) is 12.5 Å². The van der Waals surface area contributed by atoms with Crippen LogP contribution in [0.2, 0.25) is 0 Å². The molecule has 2 fully saturated rings. The van der Waals surface area contributed by atoms with Crippen molar-refractivity contribution in [3.05, 3.63) is 48.9 Å². The summed E-state index contributed by atoms with van der Waals surface area (Å²) >= 11 is 0. The van der Waals surface area contributed by atoms with Gasteiger partial charge in [0.2, 0.25) is 5.91 Å². The Morgan fingerprint density at radius 1 is 1.20 bits per heavy atom. The van der Waals surface area contributed by atoms with E-state index in [-0.39, 0.29) is 11.9 Å². The van der Waals surface area contributed by atoms with Crippen LogP contribution >= 0.6 is 0 Å². The minimum absolute atomic E-state index is 0.0677. The van der Waals surface area contributed by atoms with Gasteiger partial charge in [-0.1, -0.05) is 32.6 Å². The molecule has 0 radical (unpaired) electrons. The number of anilines is 1. The van der Waals surface area contributed by atoms with Gasteiger partial charge < -0.3 is 20.4 Å². The molecule has 3 N–H and O–H groups in total. The molecule has 0 atom stereocenters. The first-order valence-corrected chi connectivity index (χ1v) is 12.6. The number of benzene rings is 1. The zero-order chi connectivity index (χ0) is 25.2. The van der Waals surface area contributed by atoms with Crippen LogP contribution in [-0.2, 0) is 11.8 Å². The number of nitrogen functional groups attached to an aromatic ring is 1. The summed E-state index contributed by atoms with van der Waals surface area (Å²) in [7, 11) is 3.77. The second-order valence-corrected chi connectivity index (χ2v) is 9.60. The van der Waals surface area contributed by atoms with Crippen LogP contribution < -0.4 is 15.8 Å². The summed E-state index contributed by atoms with van der Waals surface area (Å²) in [6, 6.07) is 8.44. The van der Waals surface area contributed by atoms with Gasteiger partial charge in [0.1, 0.15) is 23.5 Å². The molecule has 7 nitrogen and oxygen atoms in total. The van der Waals surface area contributed by atoms with Gasteiger partial charge in [-0.3, -0.25) is 4.79 Å². The summed E-state index contributed by atoms with van der Waals surface area (Å²) in [5.41, 5.74) is 11.1. The predicted octanol–water partition coefficient (Wildman–Crippen LogP) is 5.36. The Hall–Kier alpha value is -3.35. The number of amides is 1. The molecule has 1 spiro atoms. The number of aryl methyl sites for hydroxylation is 1. The minimum Gasteiger partial charge on any atom is -0.497 e. The maximum atomic E-state index is 11.6. The number of nitrogens with one attached hydrogen (secondary N) is 1. The third-order valence-electron chi connectivity index (χ3n) is 7.74. The lowest BCUT2D eigenvalue weighted by Crippen LogP contribution is -2.51. The van der Waals surface area contributed by atoms with Crippen LogP contribution in [0.3, 0.4) is 0 Å². The molecule has 0 aliphatic heterocycles. The van der Waals surface area contributed by atoms with Crippen molar-refractivity contribution in [3.8, 4) is 16.9 Å². The number of fused-ring (bicyclic) bond motifs is 1. The summed E-state index contributed by atoms with van der Waals surface area (Å²) in [5, 5.41) is 3.98. The summed E-state index contributed by atoms with van der Waals surface area (Å²) in [6.45, 7) is 7.55. The summed E-state index contributed by atoms with van der Waals surface area (Å²) in [4.78, 5) is 20.5. The van der Waals surface area contributed by atoms with Crippen LogP contribution in [0.25, 0.3) is 22.2 Å². The zero-order valence-corrected chi connectivity index (χ0v) is 21.3. The van der Waals surface area contributed by atoms with Gasteiger partial charge in [0.25, 0.3) is 0 Å². The fourth-order valence-corrected chi connectivity index (χ4v) is 6.08. The first-order valence-electron chi connectivity index (χ1n) is 12.6. The molecule has 2 saturated carbocycles. The number of ether oxygens (including phenoxy) is 1. The second kappa shape index (κ2) is 10.1. The molecule has 35 heavy (non-hydrogen) atoms. The zero-order valence-electron chi connectivity index (χ0n) is 21.3. The van der Waals surface area contributed by atoms with Gasteiger partial charge in [-0.15, -0.1) is 0 Å². The number of methoxy groups -OCH3 is 1. The number of aromatic nitrogens is 3. The van der Waals surface area contributed by atoms with Crippen molar-refractivity contribution in [2.75, 3.05) is 12.8 Å². The van der Waals surface area contributed by atoms with Crippen LogP contribution in [0.1, 0.15) is 64.0 Å². The normalized spacial score (nSPS) is 23.2. The second-order valence-electron chi connectivity index (χ2n) is 9.60. The standard InChI is InChI=1S/C26H31N5O2.C2H6/c1-4-20(32)30-18-13-26(14-18)11-9-17(10-12-26)23-21(16-5-7-19(33-3)8-6-16)22-24(27)28-15-29-25(22)31(23)2;1-2/h4-8,15,17-18H,1,9-14H2,2-3H3,(H,30,32)(H2,27,28,29);1-2H3. The molecule has 2 aliphatic rings. The molecule has 1 aromatic carbocycles. The average Bonchev–Trinajstić information content (AvgIpc) is 3.18. The van der Waals surface area contributed by atoms with Gasteiger partial charge in [0.05, 0.1) is 12.5 Å². The largest absolute Gasteiger partial charge is 0.497 e. The Labute approximate surface area is 207 Å². The number of carbonyl (C=O) groups is 1. The first kappa shape index (κ1) is 24.8. The van der Waals surface area contributed by atoms with Crippen LogP contribution in [-0.4, -0.2) is 33.6 Å². The van der Waals surface area contributed by atoms with Gasteiger partial charge in [-0.05, 0) is 73.6 Å². The lowest BCUT2D eigenvalue weighted by molar-refractivity contribution is -0.119. The molecule has 1 amide bonds. The van der Waals surface area contributed by atoms with Crippen LogP contribution in [0, 0.1) is 5.41 Å². The number of rotatable bonds is 5. The summed E-state index contributed by atoms with van der Waals surface area (Å²) in [5.74, 6) is 1.70. The molecule has 2 aromatic heterocycles. The van der Waals surface area contributed by atoms with E-state index in [0.29, 0.717) is 17.2 Å². The monoisotopic (exact) mass is 475 g/mol.